The topological polar surface area (TPSA) is 53.7 Å². The third-order valence-electron chi connectivity index (χ3n) is 2.64. The van der Waals surface area contributed by atoms with E-state index in [1.54, 1.807) is 21.3 Å². The smallest absolute Gasteiger partial charge is 0.122 e. The molecule has 0 aromatic heterocycles. The Bertz CT molecular complexity index is 319. The van der Waals surface area contributed by atoms with Crippen LogP contribution in [-0.2, 0) is 4.74 Å². The Kier molecular flexibility index (Phi) is 4.58. The van der Waals surface area contributed by atoms with Crippen molar-refractivity contribution >= 4 is 0 Å². The molecule has 2 N–H and O–H groups in total. The van der Waals surface area contributed by atoms with Crippen LogP contribution in [0.3, 0.4) is 0 Å². The summed E-state index contributed by atoms with van der Waals surface area (Å²) in [4.78, 5) is 0. The predicted octanol–water partition coefficient (Wildman–Crippen LogP) is 1.74. The van der Waals surface area contributed by atoms with Gasteiger partial charge in [-0.1, -0.05) is 0 Å². The monoisotopic (exact) mass is 225 g/mol. The fraction of sp³-hybridized carbons (Fsp3) is 0.500. The molecule has 0 aliphatic carbocycles. The molecule has 0 amide bonds. The van der Waals surface area contributed by atoms with Crippen molar-refractivity contribution in [2.75, 3.05) is 21.3 Å². The van der Waals surface area contributed by atoms with Crippen molar-refractivity contribution in [3.8, 4) is 11.5 Å². The molecule has 1 aromatic carbocycles. The average Bonchev–Trinajstić information content (AvgIpc) is 2.35. The van der Waals surface area contributed by atoms with Gasteiger partial charge >= 0.3 is 0 Å². The Morgan fingerprint density at radius 2 is 1.50 bits per heavy atom. The van der Waals surface area contributed by atoms with Crippen LogP contribution < -0.4 is 15.2 Å². The summed E-state index contributed by atoms with van der Waals surface area (Å²) in [6, 6.07) is 5.40. The molecule has 0 aliphatic rings. The van der Waals surface area contributed by atoms with Gasteiger partial charge in [0.1, 0.15) is 11.5 Å². The predicted molar refractivity (Wildman–Crippen MR) is 62.9 cm³/mol. The average molecular weight is 225 g/mol. The molecule has 0 radical (unpaired) electrons. The number of methoxy groups -OCH3 is 3. The number of hydrogen-bond donors (Lipinski definition) is 1. The maximum atomic E-state index is 6.06. The van der Waals surface area contributed by atoms with Crippen LogP contribution in [-0.4, -0.2) is 27.4 Å². The number of nitrogens with two attached hydrogens (primary N) is 1. The molecule has 1 rings (SSSR count). The minimum atomic E-state index is -0.200. The summed E-state index contributed by atoms with van der Waals surface area (Å²) in [5, 5.41) is 0. The number of benzene rings is 1. The lowest BCUT2D eigenvalue weighted by molar-refractivity contribution is 0.0955. The fourth-order valence-electron chi connectivity index (χ4n) is 1.44. The Balaban J connectivity index is 3.02. The fourth-order valence-corrected chi connectivity index (χ4v) is 1.44. The highest BCUT2D eigenvalue weighted by Crippen LogP contribution is 2.27. The van der Waals surface area contributed by atoms with Gasteiger partial charge in [-0.05, 0) is 24.6 Å². The van der Waals surface area contributed by atoms with Gasteiger partial charge in [0.15, 0.2) is 0 Å². The van der Waals surface area contributed by atoms with Crippen LogP contribution in [0.25, 0.3) is 0 Å². The summed E-state index contributed by atoms with van der Waals surface area (Å²) in [5.41, 5.74) is 7.00. The number of hydrogen-bond acceptors (Lipinski definition) is 4. The zero-order valence-corrected chi connectivity index (χ0v) is 10.2. The quantitative estimate of drug-likeness (QED) is 0.829. The highest BCUT2D eigenvalue weighted by Gasteiger charge is 2.16. The lowest BCUT2D eigenvalue weighted by Crippen LogP contribution is -2.25. The largest absolute Gasteiger partial charge is 0.497 e. The van der Waals surface area contributed by atoms with E-state index in [9.17, 15) is 0 Å². The first-order valence-electron chi connectivity index (χ1n) is 5.13. The third kappa shape index (κ3) is 2.87. The minimum Gasteiger partial charge on any atom is -0.497 e. The summed E-state index contributed by atoms with van der Waals surface area (Å²) < 4.78 is 15.6. The second-order valence-corrected chi connectivity index (χ2v) is 3.61. The van der Waals surface area contributed by atoms with Crippen LogP contribution in [0.2, 0.25) is 0 Å². The molecule has 0 aliphatic heterocycles. The van der Waals surface area contributed by atoms with E-state index in [-0.39, 0.29) is 12.1 Å². The molecule has 0 fully saturated rings. The van der Waals surface area contributed by atoms with Gasteiger partial charge in [-0.25, -0.2) is 0 Å². The summed E-state index contributed by atoms with van der Waals surface area (Å²) in [7, 11) is 4.87. The van der Waals surface area contributed by atoms with Gasteiger partial charge in [0.25, 0.3) is 0 Å². The van der Waals surface area contributed by atoms with Crippen LogP contribution in [0.4, 0.5) is 0 Å². The molecule has 90 valence electrons. The van der Waals surface area contributed by atoms with Crippen LogP contribution in [0.15, 0.2) is 18.2 Å². The van der Waals surface area contributed by atoms with E-state index >= 15 is 0 Å². The first-order chi connectivity index (χ1) is 7.62. The molecule has 2 unspecified atom stereocenters. The molecule has 0 heterocycles. The van der Waals surface area contributed by atoms with Crippen molar-refractivity contribution in [3.05, 3.63) is 23.8 Å². The number of rotatable bonds is 5. The molecule has 4 nitrogen and oxygen atoms in total. The standard InChI is InChI=1S/C12H19NO3/c1-8(14-2)12(13)9-5-10(15-3)7-11(6-9)16-4/h5-8,12H,13H2,1-4H3. The van der Waals surface area contributed by atoms with Gasteiger partial charge in [0, 0.05) is 13.2 Å². The van der Waals surface area contributed by atoms with Crippen molar-refractivity contribution in [1.82, 2.24) is 0 Å². The van der Waals surface area contributed by atoms with E-state index in [4.69, 9.17) is 19.9 Å². The summed E-state index contributed by atoms with van der Waals surface area (Å²) in [6.45, 7) is 1.93. The van der Waals surface area contributed by atoms with Crippen LogP contribution in [0.1, 0.15) is 18.5 Å². The van der Waals surface area contributed by atoms with Crippen molar-refractivity contribution in [2.45, 2.75) is 19.1 Å². The third-order valence-corrected chi connectivity index (χ3v) is 2.64. The lowest BCUT2D eigenvalue weighted by Gasteiger charge is -2.20. The van der Waals surface area contributed by atoms with Gasteiger partial charge < -0.3 is 19.9 Å². The van der Waals surface area contributed by atoms with Crippen molar-refractivity contribution < 1.29 is 14.2 Å². The normalized spacial score (nSPS) is 14.3. The Labute approximate surface area is 96.3 Å². The maximum absolute atomic E-state index is 6.06. The van der Waals surface area contributed by atoms with Gasteiger partial charge in [-0.2, -0.15) is 0 Å². The van der Waals surface area contributed by atoms with Crippen molar-refractivity contribution in [1.29, 1.82) is 0 Å². The molecular formula is C12H19NO3. The van der Waals surface area contributed by atoms with Crippen LogP contribution >= 0.6 is 0 Å². The molecule has 0 saturated heterocycles. The summed E-state index contributed by atoms with van der Waals surface area (Å²) in [5.74, 6) is 1.46. The van der Waals surface area contributed by atoms with Crippen molar-refractivity contribution in [3.63, 3.8) is 0 Å². The zero-order chi connectivity index (χ0) is 12.1. The first kappa shape index (κ1) is 12.8. The van der Waals surface area contributed by atoms with E-state index < -0.39 is 0 Å². The van der Waals surface area contributed by atoms with Gasteiger partial charge in [0.2, 0.25) is 0 Å². The molecule has 0 bridgehead atoms. The molecule has 0 saturated carbocycles. The molecule has 2 atom stereocenters. The Morgan fingerprint density at radius 1 is 1.00 bits per heavy atom. The van der Waals surface area contributed by atoms with E-state index in [1.807, 2.05) is 25.1 Å². The van der Waals surface area contributed by atoms with Crippen LogP contribution in [0.5, 0.6) is 11.5 Å². The SMILES string of the molecule is COc1cc(OC)cc(C(N)C(C)OC)c1. The Hall–Kier alpha value is -1.26. The van der Waals surface area contributed by atoms with Gasteiger partial charge in [0.05, 0.1) is 26.4 Å². The Morgan fingerprint density at radius 3 is 1.88 bits per heavy atom. The first-order valence-corrected chi connectivity index (χ1v) is 5.13. The molecule has 4 heteroatoms. The van der Waals surface area contributed by atoms with Gasteiger partial charge in [-0.15, -0.1) is 0 Å². The molecule has 0 spiro atoms. The molecular weight excluding hydrogens is 206 g/mol. The second kappa shape index (κ2) is 5.72. The van der Waals surface area contributed by atoms with Crippen LogP contribution in [0, 0.1) is 0 Å². The van der Waals surface area contributed by atoms with Crippen molar-refractivity contribution in [2.24, 2.45) is 5.73 Å². The van der Waals surface area contributed by atoms with E-state index in [0.29, 0.717) is 0 Å². The second-order valence-electron chi connectivity index (χ2n) is 3.61. The zero-order valence-electron chi connectivity index (χ0n) is 10.2. The summed E-state index contributed by atoms with van der Waals surface area (Å²) in [6.07, 6.45) is -0.0585. The summed E-state index contributed by atoms with van der Waals surface area (Å²) >= 11 is 0. The molecule has 16 heavy (non-hydrogen) atoms. The van der Waals surface area contributed by atoms with E-state index in [2.05, 4.69) is 0 Å². The van der Waals surface area contributed by atoms with E-state index in [1.165, 1.54) is 0 Å². The highest BCUT2D eigenvalue weighted by atomic mass is 16.5. The van der Waals surface area contributed by atoms with E-state index in [0.717, 1.165) is 17.1 Å². The lowest BCUT2D eigenvalue weighted by atomic mass is 10.0. The molecule has 1 aromatic rings. The number of ether oxygens (including phenoxy) is 3. The minimum absolute atomic E-state index is 0.0585. The van der Waals surface area contributed by atoms with Gasteiger partial charge in [-0.3, -0.25) is 0 Å². The highest BCUT2D eigenvalue weighted by molar-refractivity contribution is 5.40. The maximum Gasteiger partial charge on any atom is 0.122 e.